The van der Waals surface area contributed by atoms with Gasteiger partial charge in [-0.15, -0.1) is 0 Å². The lowest BCUT2D eigenvalue weighted by Gasteiger charge is -2.21. The van der Waals surface area contributed by atoms with E-state index in [4.69, 9.17) is 0 Å². The van der Waals surface area contributed by atoms with E-state index in [1.54, 1.807) is 0 Å². The fourth-order valence-electron chi connectivity index (χ4n) is 2.97. The molecule has 2 rings (SSSR count). The summed E-state index contributed by atoms with van der Waals surface area (Å²) >= 11 is 0. The smallest absolute Gasteiger partial charge is 0.0708 e. The van der Waals surface area contributed by atoms with Gasteiger partial charge < -0.3 is 5.32 Å². The Morgan fingerprint density at radius 3 is 2.62 bits per heavy atom. The van der Waals surface area contributed by atoms with Gasteiger partial charge in [0.05, 0.1) is 5.52 Å². The number of rotatable bonds is 7. The largest absolute Gasteiger partial charge is 0.310 e. The first-order valence-corrected chi connectivity index (χ1v) is 8.21. The van der Waals surface area contributed by atoms with Crippen LogP contribution >= 0.6 is 0 Å². The summed E-state index contributed by atoms with van der Waals surface area (Å²) in [6.07, 6.45) is 3.76. The summed E-state index contributed by atoms with van der Waals surface area (Å²) in [7, 11) is 0. The number of pyridine rings is 1. The molecule has 1 atom stereocenters. The second-order valence-corrected chi connectivity index (χ2v) is 6.31. The molecule has 0 aliphatic heterocycles. The van der Waals surface area contributed by atoms with Crippen molar-refractivity contribution >= 4 is 10.9 Å². The van der Waals surface area contributed by atoms with Crippen LogP contribution in [0, 0.1) is 12.8 Å². The summed E-state index contributed by atoms with van der Waals surface area (Å²) in [5.41, 5.74) is 3.62. The van der Waals surface area contributed by atoms with E-state index in [9.17, 15) is 0 Å². The second-order valence-electron chi connectivity index (χ2n) is 6.31. The average Bonchev–Trinajstić information content (AvgIpc) is 2.45. The van der Waals surface area contributed by atoms with Crippen LogP contribution in [0.3, 0.4) is 0 Å². The van der Waals surface area contributed by atoms with Crippen LogP contribution in [-0.2, 0) is 0 Å². The molecule has 0 radical (unpaired) electrons. The first-order valence-electron chi connectivity index (χ1n) is 8.21. The van der Waals surface area contributed by atoms with Crippen molar-refractivity contribution in [3.8, 4) is 0 Å². The van der Waals surface area contributed by atoms with E-state index in [1.807, 2.05) is 0 Å². The topological polar surface area (TPSA) is 24.9 Å². The molecule has 2 nitrogen and oxygen atoms in total. The highest BCUT2D eigenvalue weighted by molar-refractivity contribution is 5.82. The second kappa shape index (κ2) is 7.56. The highest BCUT2D eigenvalue weighted by Gasteiger charge is 2.14. The van der Waals surface area contributed by atoms with Crippen molar-refractivity contribution in [1.29, 1.82) is 0 Å². The molecule has 2 aromatic rings. The number of para-hydroxylation sites is 1. The number of fused-ring (bicyclic) bond motifs is 1. The van der Waals surface area contributed by atoms with Crippen LogP contribution < -0.4 is 5.32 Å². The lowest BCUT2D eigenvalue weighted by molar-refractivity contribution is 0.457. The molecule has 0 aliphatic carbocycles. The molecule has 0 fully saturated rings. The molecular weight excluding hydrogens is 256 g/mol. The van der Waals surface area contributed by atoms with E-state index in [2.05, 4.69) is 68.3 Å². The Hall–Kier alpha value is -1.41. The van der Waals surface area contributed by atoms with Crippen molar-refractivity contribution in [3.05, 3.63) is 41.6 Å². The standard InChI is InChI=1S/C19H28N2/c1-5-20-18(12-8-9-14(2)3)17-13-15(4)21-19-11-7-6-10-16(17)19/h6-7,10-11,13-14,18,20H,5,8-9,12H2,1-4H3. The number of aryl methyl sites for hydroxylation is 1. The minimum Gasteiger partial charge on any atom is -0.310 e. The summed E-state index contributed by atoms with van der Waals surface area (Å²) in [4.78, 5) is 4.66. The van der Waals surface area contributed by atoms with Crippen LogP contribution in [0.25, 0.3) is 10.9 Å². The highest BCUT2D eigenvalue weighted by Crippen LogP contribution is 2.28. The Morgan fingerprint density at radius 2 is 1.90 bits per heavy atom. The molecule has 0 spiro atoms. The van der Waals surface area contributed by atoms with Crippen molar-refractivity contribution in [2.45, 2.75) is 53.0 Å². The summed E-state index contributed by atoms with van der Waals surface area (Å²) in [6, 6.07) is 11.2. The van der Waals surface area contributed by atoms with Crippen LogP contribution in [0.1, 0.15) is 57.3 Å². The molecule has 0 saturated heterocycles. The number of nitrogens with one attached hydrogen (secondary N) is 1. The fraction of sp³-hybridized carbons (Fsp3) is 0.526. The zero-order valence-corrected chi connectivity index (χ0v) is 13.8. The van der Waals surface area contributed by atoms with Gasteiger partial charge in [0.2, 0.25) is 0 Å². The predicted octanol–water partition coefficient (Wildman–Crippen LogP) is 5.02. The number of hydrogen-bond donors (Lipinski definition) is 1. The van der Waals surface area contributed by atoms with Crippen LogP contribution in [0.15, 0.2) is 30.3 Å². The van der Waals surface area contributed by atoms with Gasteiger partial charge in [0, 0.05) is 17.1 Å². The number of hydrogen-bond acceptors (Lipinski definition) is 2. The van der Waals surface area contributed by atoms with Gasteiger partial charge in [-0.05, 0) is 43.5 Å². The molecule has 0 aliphatic rings. The minimum absolute atomic E-state index is 0.431. The first kappa shape index (κ1) is 16.0. The van der Waals surface area contributed by atoms with E-state index in [-0.39, 0.29) is 0 Å². The van der Waals surface area contributed by atoms with E-state index < -0.39 is 0 Å². The van der Waals surface area contributed by atoms with E-state index in [0.717, 1.165) is 23.7 Å². The lowest BCUT2D eigenvalue weighted by Crippen LogP contribution is -2.21. The normalized spacial score (nSPS) is 13.0. The molecule has 21 heavy (non-hydrogen) atoms. The Bertz CT molecular complexity index is 575. The van der Waals surface area contributed by atoms with Crippen molar-refractivity contribution < 1.29 is 0 Å². The van der Waals surface area contributed by atoms with Crippen molar-refractivity contribution in [2.75, 3.05) is 6.54 Å². The first-order chi connectivity index (χ1) is 10.1. The predicted molar refractivity (Wildman–Crippen MR) is 91.6 cm³/mol. The van der Waals surface area contributed by atoms with E-state index >= 15 is 0 Å². The van der Waals surface area contributed by atoms with Gasteiger partial charge >= 0.3 is 0 Å². The maximum atomic E-state index is 4.66. The molecular formula is C19H28N2. The van der Waals surface area contributed by atoms with Crippen molar-refractivity contribution in [2.24, 2.45) is 5.92 Å². The molecule has 1 unspecified atom stereocenters. The third kappa shape index (κ3) is 4.28. The summed E-state index contributed by atoms with van der Waals surface area (Å²) in [6.45, 7) is 9.88. The van der Waals surface area contributed by atoms with Gasteiger partial charge in [0.15, 0.2) is 0 Å². The zero-order chi connectivity index (χ0) is 15.2. The Morgan fingerprint density at radius 1 is 1.14 bits per heavy atom. The van der Waals surface area contributed by atoms with Crippen molar-refractivity contribution in [3.63, 3.8) is 0 Å². The third-order valence-electron chi connectivity index (χ3n) is 3.98. The van der Waals surface area contributed by atoms with Gasteiger partial charge in [-0.25, -0.2) is 0 Å². The molecule has 1 aromatic carbocycles. The van der Waals surface area contributed by atoms with Crippen molar-refractivity contribution in [1.82, 2.24) is 10.3 Å². The SMILES string of the molecule is CCNC(CCCC(C)C)c1cc(C)nc2ccccc12. The molecule has 114 valence electrons. The van der Waals surface area contributed by atoms with Gasteiger partial charge in [0.1, 0.15) is 0 Å². The van der Waals surface area contributed by atoms with E-state index in [0.29, 0.717) is 6.04 Å². The molecule has 1 aromatic heterocycles. The van der Waals surface area contributed by atoms with Crippen LogP contribution in [0.5, 0.6) is 0 Å². The van der Waals surface area contributed by atoms with Gasteiger partial charge in [-0.1, -0.05) is 51.8 Å². The number of benzene rings is 1. The third-order valence-corrected chi connectivity index (χ3v) is 3.98. The molecule has 1 heterocycles. The monoisotopic (exact) mass is 284 g/mol. The van der Waals surface area contributed by atoms with E-state index in [1.165, 1.54) is 30.2 Å². The van der Waals surface area contributed by atoms with Gasteiger partial charge in [0.25, 0.3) is 0 Å². The molecule has 0 saturated carbocycles. The average molecular weight is 284 g/mol. The van der Waals surface area contributed by atoms with Crippen LogP contribution in [0.2, 0.25) is 0 Å². The van der Waals surface area contributed by atoms with Gasteiger partial charge in [-0.3, -0.25) is 4.98 Å². The Balaban J connectivity index is 2.30. The Labute approximate surface area is 129 Å². The fourth-order valence-corrected chi connectivity index (χ4v) is 2.97. The maximum Gasteiger partial charge on any atom is 0.0708 e. The minimum atomic E-state index is 0.431. The number of nitrogens with zero attached hydrogens (tertiary/aromatic N) is 1. The number of aromatic nitrogens is 1. The quantitative estimate of drug-likeness (QED) is 0.772. The van der Waals surface area contributed by atoms with Gasteiger partial charge in [-0.2, -0.15) is 0 Å². The zero-order valence-electron chi connectivity index (χ0n) is 13.8. The molecule has 0 bridgehead atoms. The maximum absolute atomic E-state index is 4.66. The van der Waals surface area contributed by atoms with Crippen LogP contribution in [-0.4, -0.2) is 11.5 Å². The summed E-state index contributed by atoms with van der Waals surface area (Å²) < 4.78 is 0. The molecule has 0 amide bonds. The lowest BCUT2D eigenvalue weighted by atomic mass is 9.95. The van der Waals surface area contributed by atoms with Crippen LogP contribution in [0.4, 0.5) is 0 Å². The summed E-state index contributed by atoms with van der Waals surface area (Å²) in [5, 5.41) is 4.95. The highest BCUT2D eigenvalue weighted by atomic mass is 14.9. The summed E-state index contributed by atoms with van der Waals surface area (Å²) in [5.74, 6) is 0.781. The molecule has 1 N–H and O–H groups in total. The Kier molecular flexibility index (Phi) is 5.75. The molecule has 2 heteroatoms.